The lowest BCUT2D eigenvalue weighted by atomic mass is 9.78. The number of aromatic nitrogens is 2. The van der Waals surface area contributed by atoms with E-state index in [0.29, 0.717) is 28.8 Å². The van der Waals surface area contributed by atoms with Crippen LogP contribution in [0.4, 0.5) is 0 Å². The number of furan rings is 1. The Bertz CT molecular complexity index is 740. The number of carbonyl (C=O) groups excluding carboxylic acids is 1. The Morgan fingerprint density at radius 2 is 2.12 bits per heavy atom. The Hall–Kier alpha value is -1.76. The van der Waals surface area contributed by atoms with Gasteiger partial charge in [-0.25, -0.2) is 0 Å². The van der Waals surface area contributed by atoms with Crippen molar-refractivity contribution in [1.82, 2.24) is 15.1 Å². The first-order valence-corrected chi connectivity index (χ1v) is 10.0. The van der Waals surface area contributed by atoms with E-state index in [9.17, 15) is 4.79 Å². The van der Waals surface area contributed by atoms with Gasteiger partial charge in [-0.2, -0.15) is 0 Å². The minimum atomic E-state index is 0.195. The summed E-state index contributed by atoms with van der Waals surface area (Å²) >= 11 is 1.32. The Kier molecular flexibility index (Phi) is 4.83. The molecule has 2 fully saturated rings. The van der Waals surface area contributed by atoms with Gasteiger partial charge in [0.05, 0.1) is 17.6 Å². The normalized spacial score (nSPS) is 23.5. The Morgan fingerprint density at radius 1 is 1.28 bits per heavy atom. The highest BCUT2D eigenvalue weighted by Crippen LogP contribution is 2.36. The monoisotopic (exact) mass is 361 g/mol. The third kappa shape index (κ3) is 3.47. The van der Waals surface area contributed by atoms with Crippen LogP contribution in [0.5, 0.6) is 0 Å². The molecular formula is C18H23N3O3S. The van der Waals surface area contributed by atoms with E-state index in [1.165, 1.54) is 37.4 Å². The highest BCUT2D eigenvalue weighted by Gasteiger charge is 2.35. The molecule has 25 heavy (non-hydrogen) atoms. The summed E-state index contributed by atoms with van der Waals surface area (Å²) in [5.41, 5.74) is 0.798. The van der Waals surface area contributed by atoms with Gasteiger partial charge in [0.1, 0.15) is 5.76 Å². The van der Waals surface area contributed by atoms with Crippen LogP contribution in [0, 0.1) is 12.8 Å². The number of hydrogen-bond donors (Lipinski definition) is 0. The zero-order valence-electron chi connectivity index (χ0n) is 14.4. The van der Waals surface area contributed by atoms with Gasteiger partial charge in [0.15, 0.2) is 0 Å². The van der Waals surface area contributed by atoms with Gasteiger partial charge in [0.25, 0.3) is 11.1 Å². The van der Waals surface area contributed by atoms with Crippen LogP contribution in [0.3, 0.4) is 0 Å². The smallest absolute Gasteiger partial charge is 0.277 e. The second kappa shape index (κ2) is 7.23. The second-order valence-corrected chi connectivity index (χ2v) is 7.82. The van der Waals surface area contributed by atoms with Gasteiger partial charge in [0.2, 0.25) is 5.91 Å². The van der Waals surface area contributed by atoms with E-state index in [-0.39, 0.29) is 5.91 Å². The molecule has 2 aliphatic rings. The van der Waals surface area contributed by atoms with E-state index in [2.05, 4.69) is 15.1 Å². The van der Waals surface area contributed by atoms with Gasteiger partial charge in [-0.1, -0.05) is 24.6 Å². The standard InChI is InChI=1S/C18H23N3O3S/c1-12-14(8-10-23-12)17-19-20-18(24-17)25-11-16(22)21-9-4-6-13-5-2-3-7-15(13)21/h8,10,13,15H,2-7,9,11H2,1H3/t13-,15-/m1/s1. The molecule has 4 rings (SSSR count). The number of thioether (sulfide) groups is 1. The highest BCUT2D eigenvalue weighted by atomic mass is 32.2. The van der Waals surface area contributed by atoms with Crippen LogP contribution in [-0.2, 0) is 4.79 Å². The minimum Gasteiger partial charge on any atom is -0.469 e. The minimum absolute atomic E-state index is 0.195. The van der Waals surface area contributed by atoms with Gasteiger partial charge in [-0.05, 0) is 44.6 Å². The lowest BCUT2D eigenvalue weighted by Crippen LogP contribution is -2.50. The Labute approximate surface area is 151 Å². The van der Waals surface area contributed by atoms with Crippen LogP contribution in [0.25, 0.3) is 11.5 Å². The summed E-state index contributed by atoms with van der Waals surface area (Å²) in [5, 5.41) is 8.53. The van der Waals surface area contributed by atoms with Crippen molar-refractivity contribution in [3.63, 3.8) is 0 Å². The van der Waals surface area contributed by atoms with Gasteiger partial charge >= 0.3 is 0 Å². The number of amides is 1. The van der Waals surface area contributed by atoms with Crippen LogP contribution in [0.15, 0.2) is 26.4 Å². The first kappa shape index (κ1) is 16.7. The summed E-state index contributed by atoms with van der Waals surface area (Å²) in [5.74, 6) is 2.44. The van der Waals surface area contributed by atoms with Crippen LogP contribution in [0.2, 0.25) is 0 Å². The van der Waals surface area contributed by atoms with E-state index >= 15 is 0 Å². The fraction of sp³-hybridized carbons (Fsp3) is 0.611. The van der Waals surface area contributed by atoms with Crippen molar-refractivity contribution in [2.45, 2.75) is 56.7 Å². The van der Waals surface area contributed by atoms with Crippen LogP contribution < -0.4 is 0 Å². The molecule has 7 heteroatoms. The molecule has 0 spiro atoms. The highest BCUT2D eigenvalue weighted by molar-refractivity contribution is 7.99. The maximum Gasteiger partial charge on any atom is 0.277 e. The molecule has 0 radical (unpaired) electrons. The summed E-state index contributed by atoms with van der Waals surface area (Å²) in [6.07, 6.45) is 9.00. The maximum atomic E-state index is 12.7. The number of piperidine rings is 1. The number of nitrogens with zero attached hydrogens (tertiary/aromatic N) is 3. The van der Waals surface area contributed by atoms with Crippen molar-refractivity contribution in [2.24, 2.45) is 5.92 Å². The number of fused-ring (bicyclic) bond motifs is 1. The molecule has 1 amide bonds. The van der Waals surface area contributed by atoms with Crippen molar-refractivity contribution in [2.75, 3.05) is 12.3 Å². The van der Waals surface area contributed by atoms with E-state index < -0.39 is 0 Å². The molecule has 6 nitrogen and oxygen atoms in total. The molecule has 2 atom stereocenters. The lowest BCUT2D eigenvalue weighted by molar-refractivity contribution is -0.134. The van der Waals surface area contributed by atoms with E-state index in [4.69, 9.17) is 8.83 Å². The molecule has 1 saturated heterocycles. The van der Waals surface area contributed by atoms with Crippen LogP contribution >= 0.6 is 11.8 Å². The van der Waals surface area contributed by atoms with E-state index in [1.54, 1.807) is 12.3 Å². The van der Waals surface area contributed by atoms with Crippen molar-refractivity contribution >= 4 is 17.7 Å². The van der Waals surface area contributed by atoms with Gasteiger partial charge < -0.3 is 13.7 Å². The van der Waals surface area contributed by atoms with E-state index in [0.717, 1.165) is 30.7 Å². The number of rotatable bonds is 4. The van der Waals surface area contributed by atoms with E-state index in [1.807, 2.05) is 6.92 Å². The summed E-state index contributed by atoms with van der Waals surface area (Å²) in [6.45, 7) is 2.75. The van der Waals surface area contributed by atoms with Gasteiger partial charge in [-0.15, -0.1) is 10.2 Å². The number of carbonyl (C=O) groups is 1. The molecule has 134 valence electrons. The molecule has 1 aliphatic heterocycles. The Balaban J connectivity index is 1.37. The quantitative estimate of drug-likeness (QED) is 0.769. The summed E-state index contributed by atoms with van der Waals surface area (Å²) in [7, 11) is 0. The number of likely N-dealkylation sites (tertiary alicyclic amines) is 1. The Morgan fingerprint density at radius 3 is 2.96 bits per heavy atom. The summed E-state index contributed by atoms with van der Waals surface area (Å²) in [6, 6.07) is 2.25. The molecule has 0 N–H and O–H groups in total. The third-order valence-electron chi connectivity index (χ3n) is 5.38. The van der Waals surface area contributed by atoms with Crippen LogP contribution in [0.1, 0.15) is 44.3 Å². The topological polar surface area (TPSA) is 72.4 Å². The van der Waals surface area contributed by atoms with Gasteiger partial charge in [0, 0.05) is 12.6 Å². The molecule has 0 unspecified atom stereocenters. The van der Waals surface area contributed by atoms with Crippen molar-refractivity contribution in [3.05, 3.63) is 18.1 Å². The number of hydrogen-bond acceptors (Lipinski definition) is 6. The first-order chi connectivity index (χ1) is 12.2. The lowest BCUT2D eigenvalue weighted by Gasteiger charge is -2.44. The first-order valence-electron chi connectivity index (χ1n) is 9.02. The summed E-state index contributed by atoms with van der Waals surface area (Å²) in [4.78, 5) is 14.8. The average Bonchev–Trinajstić information content (AvgIpc) is 3.27. The molecule has 0 aromatic carbocycles. The maximum absolute atomic E-state index is 12.7. The fourth-order valence-electron chi connectivity index (χ4n) is 4.12. The van der Waals surface area contributed by atoms with Crippen molar-refractivity contribution < 1.29 is 13.6 Å². The SMILES string of the molecule is Cc1occc1-c1nnc(SCC(=O)N2CCC[C@H]3CCCC[C@H]32)o1. The molecule has 1 aliphatic carbocycles. The van der Waals surface area contributed by atoms with Crippen molar-refractivity contribution in [3.8, 4) is 11.5 Å². The molecule has 3 heterocycles. The zero-order chi connectivity index (χ0) is 17.2. The molecule has 2 aromatic rings. The molecule has 1 saturated carbocycles. The molecular weight excluding hydrogens is 338 g/mol. The predicted octanol–water partition coefficient (Wildman–Crippen LogP) is 3.91. The predicted molar refractivity (Wildman–Crippen MR) is 94.2 cm³/mol. The zero-order valence-corrected chi connectivity index (χ0v) is 15.3. The third-order valence-corrected chi connectivity index (χ3v) is 6.18. The van der Waals surface area contributed by atoms with Crippen LogP contribution in [-0.4, -0.2) is 39.3 Å². The average molecular weight is 361 g/mol. The largest absolute Gasteiger partial charge is 0.469 e. The molecule has 2 aromatic heterocycles. The molecule has 0 bridgehead atoms. The van der Waals surface area contributed by atoms with Gasteiger partial charge in [-0.3, -0.25) is 4.79 Å². The second-order valence-electron chi connectivity index (χ2n) is 6.89. The fourth-order valence-corrected chi connectivity index (χ4v) is 4.77. The van der Waals surface area contributed by atoms with Crippen molar-refractivity contribution in [1.29, 1.82) is 0 Å². The summed E-state index contributed by atoms with van der Waals surface area (Å²) < 4.78 is 10.9. The number of aryl methyl sites for hydroxylation is 1.